The largest absolute Gasteiger partial charge is 0.0836 e. The summed E-state index contributed by atoms with van der Waals surface area (Å²) in [6.07, 6.45) is 0. The van der Waals surface area contributed by atoms with Crippen molar-refractivity contribution in [2.24, 2.45) is 0 Å². The third-order valence-corrected chi connectivity index (χ3v) is 3.68. The predicted molar refractivity (Wildman–Crippen MR) is 55.7 cm³/mol. The first-order valence-electron chi connectivity index (χ1n) is 3.57. The highest BCUT2D eigenvalue weighted by molar-refractivity contribution is 6.41. The molecule has 1 rings (SSSR count). The molecule has 0 aliphatic carbocycles. The Bertz CT molecular complexity index is 224. The van der Waals surface area contributed by atoms with Crippen molar-refractivity contribution < 1.29 is 0 Å². The molecule has 0 nitrogen and oxygen atoms in total. The number of hydrogen-bond acceptors (Lipinski definition) is 0. The Hall–Kier alpha value is 0.0900. The number of hydrogen-bond donors (Lipinski definition) is 0. The normalized spacial score (nSPS) is 10.5. The molecule has 66 valence electrons. The van der Waals surface area contributed by atoms with Gasteiger partial charge < -0.3 is 0 Å². The Kier molecular flexibility index (Phi) is 2.92. The second kappa shape index (κ2) is 3.45. The summed E-state index contributed by atoms with van der Waals surface area (Å²) in [6.45, 7) is 5.67. The SMILES string of the molecule is Cc1c(Cl)c(C)c(Cl)c(C)c1Cl. The van der Waals surface area contributed by atoms with Crippen molar-refractivity contribution in [1.82, 2.24) is 0 Å². The zero-order valence-electron chi connectivity index (χ0n) is 7.13. The fourth-order valence-corrected chi connectivity index (χ4v) is 1.84. The lowest BCUT2D eigenvalue weighted by Gasteiger charge is -2.10. The fraction of sp³-hybridized carbons (Fsp3) is 0.333. The van der Waals surface area contributed by atoms with Gasteiger partial charge in [-0.25, -0.2) is 0 Å². The smallest absolute Gasteiger partial charge is 0.0494 e. The molecule has 0 aliphatic rings. The van der Waals surface area contributed by atoms with Crippen molar-refractivity contribution in [2.45, 2.75) is 20.8 Å². The molecule has 1 aromatic rings. The van der Waals surface area contributed by atoms with Gasteiger partial charge in [0.1, 0.15) is 0 Å². The van der Waals surface area contributed by atoms with E-state index < -0.39 is 0 Å². The quantitative estimate of drug-likeness (QED) is 0.604. The van der Waals surface area contributed by atoms with Gasteiger partial charge in [0.25, 0.3) is 0 Å². The molecule has 0 heterocycles. The highest BCUT2D eigenvalue weighted by atomic mass is 35.5. The van der Waals surface area contributed by atoms with Crippen molar-refractivity contribution in [2.75, 3.05) is 0 Å². The molecule has 0 N–H and O–H groups in total. The standard InChI is InChI=1S/C9H9Cl3/c1-4-7(10)5(2)9(12)6(3)8(4)11/h1-3H3. The Balaban J connectivity index is 3.60. The summed E-state index contributed by atoms with van der Waals surface area (Å²) < 4.78 is 0. The van der Waals surface area contributed by atoms with E-state index in [4.69, 9.17) is 34.8 Å². The summed E-state index contributed by atoms with van der Waals surface area (Å²) in [4.78, 5) is 0. The molecule has 0 aliphatic heterocycles. The predicted octanol–water partition coefficient (Wildman–Crippen LogP) is 4.57. The van der Waals surface area contributed by atoms with Crippen LogP contribution in [0.25, 0.3) is 0 Å². The average molecular weight is 224 g/mol. The van der Waals surface area contributed by atoms with Crippen molar-refractivity contribution in [3.63, 3.8) is 0 Å². The van der Waals surface area contributed by atoms with Crippen LogP contribution in [0, 0.1) is 20.8 Å². The Morgan fingerprint density at radius 3 is 0.917 bits per heavy atom. The second-order valence-corrected chi connectivity index (χ2v) is 3.95. The summed E-state index contributed by atoms with van der Waals surface area (Å²) in [6, 6.07) is 0. The topological polar surface area (TPSA) is 0 Å². The van der Waals surface area contributed by atoms with Crippen LogP contribution in [0.3, 0.4) is 0 Å². The summed E-state index contributed by atoms with van der Waals surface area (Å²) >= 11 is 18.0. The molecule has 0 bridgehead atoms. The highest BCUT2D eigenvalue weighted by Crippen LogP contribution is 2.36. The van der Waals surface area contributed by atoms with Crippen molar-refractivity contribution in [3.8, 4) is 0 Å². The highest BCUT2D eigenvalue weighted by Gasteiger charge is 2.12. The fourth-order valence-electron chi connectivity index (χ4n) is 1.13. The lowest BCUT2D eigenvalue weighted by molar-refractivity contribution is 1.32. The molecule has 0 radical (unpaired) electrons. The average Bonchev–Trinajstić information content (AvgIpc) is 2.08. The van der Waals surface area contributed by atoms with E-state index in [2.05, 4.69) is 0 Å². The molecule has 0 atom stereocenters. The van der Waals surface area contributed by atoms with E-state index >= 15 is 0 Å². The maximum Gasteiger partial charge on any atom is 0.0494 e. The molecule has 0 fully saturated rings. The Morgan fingerprint density at radius 2 is 0.750 bits per heavy atom. The van der Waals surface area contributed by atoms with E-state index in [9.17, 15) is 0 Å². The summed E-state index contributed by atoms with van der Waals surface area (Å²) in [7, 11) is 0. The van der Waals surface area contributed by atoms with Crippen LogP contribution in [0.15, 0.2) is 0 Å². The minimum atomic E-state index is 0.663. The first-order chi connectivity index (χ1) is 5.46. The molecule has 12 heavy (non-hydrogen) atoms. The van der Waals surface area contributed by atoms with E-state index in [-0.39, 0.29) is 0 Å². The summed E-state index contributed by atoms with van der Waals surface area (Å²) in [5.41, 5.74) is 2.70. The summed E-state index contributed by atoms with van der Waals surface area (Å²) in [5.74, 6) is 0. The van der Waals surface area contributed by atoms with Crippen LogP contribution in [-0.2, 0) is 0 Å². The van der Waals surface area contributed by atoms with Crippen LogP contribution in [0.2, 0.25) is 15.1 Å². The third kappa shape index (κ3) is 1.44. The first kappa shape index (κ1) is 10.2. The van der Waals surface area contributed by atoms with Gasteiger partial charge in [-0.15, -0.1) is 0 Å². The van der Waals surface area contributed by atoms with E-state index in [0.29, 0.717) is 15.1 Å². The van der Waals surface area contributed by atoms with Crippen LogP contribution >= 0.6 is 34.8 Å². The first-order valence-corrected chi connectivity index (χ1v) is 4.70. The Morgan fingerprint density at radius 1 is 0.583 bits per heavy atom. The monoisotopic (exact) mass is 222 g/mol. The second-order valence-electron chi connectivity index (χ2n) is 2.82. The minimum Gasteiger partial charge on any atom is -0.0836 e. The van der Waals surface area contributed by atoms with Gasteiger partial charge >= 0.3 is 0 Å². The molecule has 0 spiro atoms. The van der Waals surface area contributed by atoms with Crippen molar-refractivity contribution >= 4 is 34.8 Å². The minimum absolute atomic E-state index is 0.663. The van der Waals surface area contributed by atoms with Gasteiger partial charge in [-0.3, -0.25) is 0 Å². The van der Waals surface area contributed by atoms with Crippen LogP contribution in [0.4, 0.5) is 0 Å². The molecule has 0 saturated heterocycles. The van der Waals surface area contributed by atoms with Gasteiger partial charge in [0.2, 0.25) is 0 Å². The van der Waals surface area contributed by atoms with Gasteiger partial charge in [0.15, 0.2) is 0 Å². The van der Waals surface area contributed by atoms with Gasteiger partial charge in [-0.1, -0.05) is 34.8 Å². The lowest BCUT2D eigenvalue weighted by atomic mass is 10.1. The van der Waals surface area contributed by atoms with Gasteiger partial charge in [-0.05, 0) is 37.5 Å². The van der Waals surface area contributed by atoms with Crippen molar-refractivity contribution in [3.05, 3.63) is 31.8 Å². The Labute approximate surface area is 87.4 Å². The lowest BCUT2D eigenvalue weighted by Crippen LogP contribution is -1.89. The molecule has 0 aromatic heterocycles. The maximum absolute atomic E-state index is 5.99. The molecule has 0 saturated carbocycles. The zero-order chi connectivity index (χ0) is 9.46. The van der Waals surface area contributed by atoms with Crippen LogP contribution < -0.4 is 0 Å². The molecule has 0 amide bonds. The van der Waals surface area contributed by atoms with Crippen molar-refractivity contribution in [1.29, 1.82) is 0 Å². The van der Waals surface area contributed by atoms with Gasteiger partial charge in [0.05, 0.1) is 0 Å². The summed E-state index contributed by atoms with van der Waals surface area (Å²) in [5, 5.41) is 1.99. The van der Waals surface area contributed by atoms with Crippen LogP contribution in [0.5, 0.6) is 0 Å². The van der Waals surface area contributed by atoms with Crippen LogP contribution in [-0.4, -0.2) is 0 Å². The van der Waals surface area contributed by atoms with Gasteiger partial charge in [-0.2, -0.15) is 0 Å². The van der Waals surface area contributed by atoms with E-state index in [1.165, 1.54) is 0 Å². The van der Waals surface area contributed by atoms with Gasteiger partial charge in [0, 0.05) is 15.1 Å². The maximum atomic E-state index is 5.99. The van der Waals surface area contributed by atoms with E-state index in [1.54, 1.807) is 0 Å². The van der Waals surface area contributed by atoms with E-state index in [1.807, 2.05) is 20.8 Å². The zero-order valence-corrected chi connectivity index (χ0v) is 9.40. The number of benzene rings is 1. The van der Waals surface area contributed by atoms with Crippen LogP contribution in [0.1, 0.15) is 16.7 Å². The molecular weight excluding hydrogens is 214 g/mol. The third-order valence-electron chi connectivity index (χ3n) is 1.98. The van der Waals surface area contributed by atoms with E-state index in [0.717, 1.165) is 16.7 Å². The molecule has 3 heteroatoms. The molecule has 0 unspecified atom stereocenters. The molecular formula is C9H9Cl3. The molecule has 1 aromatic carbocycles. The number of rotatable bonds is 0. The number of halogens is 3.